The van der Waals surface area contributed by atoms with Gasteiger partial charge in [0.05, 0.1) is 17.2 Å². The molecule has 2 heterocycles. The van der Waals surface area contributed by atoms with E-state index >= 15 is 0 Å². The number of aromatic nitrogens is 2. The summed E-state index contributed by atoms with van der Waals surface area (Å²) in [4.78, 5) is 16.5. The highest BCUT2D eigenvalue weighted by molar-refractivity contribution is 5.77. The number of benzene rings is 1. The van der Waals surface area contributed by atoms with E-state index in [9.17, 15) is 9.18 Å². The summed E-state index contributed by atoms with van der Waals surface area (Å²) in [6.07, 6.45) is 3.80. The van der Waals surface area contributed by atoms with Crippen LogP contribution in [0.4, 0.5) is 4.39 Å². The van der Waals surface area contributed by atoms with Crippen molar-refractivity contribution in [3.63, 3.8) is 0 Å². The molecule has 0 spiro atoms. The molecule has 1 unspecified atom stereocenters. The molecule has 1 aliphatic rings. The average molecular weight is 261 g/mol. The Hall–Kier alpha value is -1.75. The van der Waals surface area contributed by atoms with Gasteiger partial charge in [0.2, 0.25) is 0 Å². The van der Waals surface area contributed by atoms with Crippen molar-refractivity contribution in [3.8, 4) is 0 Å². The second-order valence-corrected chi connectivity index (χ2v) is 5.08. The molecular formula is C14H16FN3O. The molecule has 0 amide bonds. The Morgan fingerprint density at radius 2 is 2.37 bits per heavy atom. The molecule has 1 saturated heterocycles. The number of nitrogens with one attached hydrogen (secondary N) is 1. The summed E-state index contributed by atoms with van der Waals surface area (Å²) in [5.41, 5.74) is 0.332. The molecule has 0 aliphatic carbocycles. The molecule has 2 aromatic rings. The zero-order valence-electron chi connectivity index (χ0n) is 10.6. The van der Waals surface area contributed by atoms with Gasteiger partial charge in [0.15, 0.2) is 0 Å². The quantitative estimate of drug-likeness (QED) is 0.892. The Labute approximate surface area is 110 Å². The molecule has 4 nitrogen and oxygen atoms in total. The second kappa shape index (κ2) is 5.09. The van der Waals surface area contributed by atoms with Crippen molar-refractivity contribution < 1.29 is 4.39 Å². The molecule has 1 aliphatic heterocycles. The van der Waals surface area contributed by atoms with Crippen molar-refractivity contribution in [2.75, 3.05) is 13.1 Å². The van der Waals surface area contributed by atoms with Gasteiger partial charge < -0.3 is 5.32 Å². The number of hydrogen-bond acceptors (Lipinski definition) is 3. The van der Waals surface area contributed by atoms with E-state index in [-0.39, 0.29) is 11.4 Å². The van der Waals surface area contributed by atoms with Crippen LogP contribution in [0.15, 0.2) is 29.3 Å². The maximum atomic E-state index is 13.1. The van der Waals surface area contributed by atoms with Gasteiger partial charge >= 0.3 is 0 Å². The summed E-state index contributed by atoms with van der Waals surface area (Å²) >= 11 is 0. The summed E-state index contributed by atoms with van der Waals surface area (Å²) in [6.45, 7) is 2.67. The normalized spacial score (nSPS) is 19.7. The number of halogens is 1. The van der Waals surface area contributed by atoms with Crippen LogP contribution in [0.5, 0.6) is 0 Å². The molecule has 5 heteroatoms. The van der Waals surface area contributed by atoms with Crippen molar-refractivity contribution in [1.29, 1.82) is 0 Å². The molecular weight excluding hydrogens is 245 g/mol. The minimum atomic E-state index is -0.367. The van der Waals surface area contributed by atoms with Gasteiger partial charge in [0.1, 0.15) is 5.82 Å². The van der Waals surface area contributed by atoms with Crippen molar-refractivity contribution in [1.82, 2.24) is 14.9 Å². The fourth-order valence-corrected chi connectivity index (χ4v) is 2.62. The lowest BCUT2D eigenvalue weighted by molar-refractivity contribution is 0.333. The largest absolute Gasteiger partial charge is 0.316 e. The first-order chi connectivity index (χ1) is 9.24. The number of rotatable bonds is 2. The van der Waals surface area contributed by atoms with Crippen LogP contribution in [0.2, 0.25) is 0 Å². The molecule has 0 bridgehead atoms. The van der Waals surface area contributed by atoms with Crippen molar-refractivity contribution in [3.05, 3.63) is 40.7 Å². The summed E-state index contributed by atoms with van der Waals surface area (Å²) in [5.74, 6) is 0.0970. The summed E-state index contributed by atoms with van der Waals surface area (Å²) in [7, 11) is 0. The smallest absolute Gasteiger partial charge is 0.261 e. The summed E-state index contributed by atoms with van der Waals surface area (Å²) in [5, 5.41) is 3.81. The topological polar surface area (TPSA) is 46.9 Å². The van der Waals surface area contributed by atoms with Gasteiger partial charge in [-0.05, 0) is 44.0 Å². The van der Waals surface area contributed by atoms with Crippen LogP contribution in [0.3, 0.4) is 0 Å². The van der Waals surface area contributed by atoms with Crippen LogP contribution >= 0.6 is 0 Å². The van der Waals surface area contributed by atoms with E-state index in [1.54, 1.807) is 4.57 Å². The van der Waals surface area contributed by atoms with Crippen LogP contribution in [0.1, 0.15) is 12.8 Å². The fourth-order valence-electron chi connectivity index (χ4n) is 2.62. The molecule has 1 atom stereocenters. The van der Waals surface area contributed by atoms with E-state index in [0.29, 0.717) is 23.4 Å². The molecule has 1 aromatic carbocycles. The molecule has 0 radical (unpaired) electrons. The van der Waals surface area contributed by atoms with Gasteiger partial charge in [-0.3, -0.25) is 9.36 Å². The standard InChI is InChI=1S/C14H16FN3O/c15-11-3-4-12-13(6-11)17-9-18(14(12)19)8-10-2-1-5-16-7-10/h3-4,6,9-10,16H,1-2,5,7-8H2. The molecule has 100 valence electrons. The third-order valence-corrected chi connectivity index (χ3v) is 3.64. The minimum absolute atomic E-state index is 0.0874. The van der Waals surface area contributed by atoms with E-state index in [1.165, 1.54) is 24.5 Å². The van der Waals surface area contributed by atoms with E-state index in [4.69, 9.17) is 0 Å². The third kappa shape index (κ3) is 2.51. The zero-order valence-corrected chi connectivity index (χ0v) is 10.6. The van der Waals surface area contributed by atoms with Gasteiger partial charge in [-0.1, -0.05) is 0 Å². The molecule has 1 aromatic heterocycles. The summed E-state index contributed by atoms with van der Waals surface area (Å²) in [6, 6.07) is 4.11. The number of hydrogen-bond donors (Lipinski definition) is 1. The van der Waals surface area contributed by atoms with Gasteiger partial charge in [-0.15, -0.1) is 0 Å². The average Bonchev–Trinajstić information content (AvgIpc) is 2.43. The maximum Gasteiger partial charge on any atom is 0.261 e. The lowest BCUT2D eigenvalue weighted by atomic mass is 10.00. The van der Waals surface area contributed by atoms with E-state index in [2.05, 4.69) is 10.3 Å². The highest BCUT2D eigenvalue weighted by Gasteiger charge is 2.15. The van der Waals surface area contributed by atoms with Crippen LogP contribution in [-0.2, 0) is 6.54 Å². The van der Waals surface area contributed by atoms with E-state index in [1.807, 2.05) is 0 Å². The van der Waals surface area contributed by atoms with Crippen LogP contribution in [0, 0.1) is 11.7 Å². The Balaban J connectivity index is 1.93. The predicted octanol–water partition coefficient (Wildman–Crippen LogP) is 1.54. The Kier molecular flexibility index (Phi) is 3.29. The van der Waals surface area contributed by atoms with Gasteiger partial charge in [0.25, 0.3) is 5.56 Å². The molecule has 1 fully saturated rings. The van der Waals surface area contributed by atoms with Crippen molar-refractivity contribution in [2.24, 2.45) is 5.92 Å². The first-order valence-corrected chi connectivity index (χ1v) is 6.59. The number of nitrogens with zero attached hydrogens (tertiary/aromatic N) is 2. The first kappa shape index (κ1) is 12.3. The molecule has 19 heavy (non-hydrogen) atoms. The van der Waals surface area contributed by atoms with Crippen molar-refractivity contribution >= 4 is 10.9 Å². The first-order valence-electron chi connectivity index (χ1n) is 6.59. The Bertz CT molecular complexity index is 647. The molecule has 3 rings (SSSR count). The van der Waals surface area contributed by atoms with Crippen LogP contribution in [-0.4, -0.2) is 22.6 Å². The van der Waals surface area contributed by atoms with Crippen LogP contribution in [0.25, 0.3) is 10.9 Å². The summed E-state index contributed by atoms with van der Waals surface area (Å²) < 4.78 is 14.7. The van der Waals surface area contributed by atoms with Crippen molar-refractivity contribution in [2.45, 2.75) is 19.4 Å². The van der Waals surface area contributed by atoms with Gasteiger partial charge in [-0.2, -0.15) is 0 Å². The van der Waals surface area contributed by atoms with Gasteiger partial charge in [-0.25, -0.2) is 9.37 Å². The Morgan fingerprint density at radius 3 is 3.16 bits per heavy atom. The zero-order chi connectivity index (χ0) is 13.2. The minimum Gasteiger partial charge on any atom is -0.316 e. The highest BCUT2D eigenvalue weighted by Crippen LogP contribution is 2.13. The monoisotopic (exact) mass is 261 g/mol. The lowest BCUT2D eigenvalue weighted by Crippen LogP contribution is -2.34. The second-order valence-electron chi connectivity index (χ2n) is 5.08. The fraction of sp³-hybridized carbons (Fsp3) is 0.429. The maximum absolute atomic E-state index is 13.1. The molecule has 0 saturated carbocycles. The number of fused-ring (bicyclic) bond motifs is 1. The number of piperidine rings is 1. The Morgan fingerprint density at radius 1 is 1.47 bits per heavy atom. The van der Waals surface area contributed by atoms with Crippen LogP contribution < -0.4 is 10.9 Å². The van der Waals surface area contributed by atoms with Gasteiger partial charge in [0, 0.05) is 12.6 Å². The third-order valence-electron chi connectivity index (χ3n) is 3.64. The predicted molar refractivity (Wildman–Crippen MR) is 71.6 cm³/mol. The lowest BCUT2D eigenvalue weighted by Gasteiger charge is -2.23. The molecule has 1 N–H and O–H groups in total. The van der Waals surface area contributed by atoms with E-state index in [0.717, 1.165) is 25.9 Å². The highest BCUT2D eigenvalue weighted by atomic mass is 19.1. The SMILES string of the molecule is O=c1c2ccc(F)cc2ncn1CC1CCCNC1. The van der Waals surface area contributed by atoms with E-state index < -0.39 is 0 Å².